The molecular formula is C16H17N3S. The lowest BCUT2D eigenvalue weighted by atomic mass is 10.1. The molecule has 2 aromatic rings. The van der Waals surface area contributed by atoms with Crippen molar-refractivity contribution in [2.75, 3.05) is 0 Å². The van der Waals surface area contributed by atoms with Crippen molar-refractivity contribution in [3.8, 4) is 6.07 Å². The Labute approximate surface area is 124 Å². The predicted molar refractivity (Wildman–Crippen MR) is 81.5 cm³/mol. The number of benzene rings is 1. The van der Waals surface area contributed by atoms with Crippen LogP contribution in [-0.4, -0.2) is 9.97 Å². The van der Waals surface area contributed by atoms with Crippen molar-refractivity contribution >= 4 is 11.8 Å². The molecule has 4 heteroatoms. The van der Waals surface area contributed by atoms with Gasteiger partial charge in [0, 0.05) is 11.4 Å². The van der Waals surface area contributed by atoms with Crippen LogP contribution in [0.25, 0.3) is 0 Å². The normalized spacial score (nSPS) is 11.9. The molecule has 102 valence electrons. The number of hydrogen-bond donors (Lipinski definition) is 0. The standard InChI is InChI=1S/C16H17N3S/c1-11-12(2)18-16(19-13(11)3)20-15(9-10-17)14-7-5-4-6-8-14/h4-8,15H,9H2,1-3H3. The van der Waals surface area contributed by atoms with Crippen LogP contribution in [0.3, 0.4) is 0 Å². The van der Waals surface area contributed by atoms with Crippen LogP contribution in [0.4, 0.5) is 0 Å². The SMILES string of the molecule is Cc1nc(SC(CC#N)c2ccccc2)nc(C)c1C. The van der Waals surface area contributed by atoms with Crippen molar-refractivity contribution in [1.29, 1.82) is 5.26 Å². The van der Waals surface area contributed by atoms with Crippen molar-refractivity contribution in [2.45, 2.75) is 37.6 Å². The van der Waals surface area contributed by atoms with Crippen LogP contribution in [0.15, 0.2) is 35.5 Å². The first kappa shape index (κ1) is 14.5. The number of aryl methyl sites for hydroxylation is 2. The van der Waals surface area contributed by atoms with E-state index in [0.717, 1.165) is 27.7 Å². The Bertz CT molecular complexity index is 609. The highest BCUT2D eigenvalue weighted by molar-refractivity contribution is 7.99. The van der Waals surface area contributed by atoms with Gasteiger partial charge in [0.15, 0.2) is 5.16 Å². The van der Waals surface area contributed by atoms with E-state index in [-0.39, 0.29) is 5.25 Å². The number of aromatic nitrogens is 2. The Kier molecular flexibility index (Phi) is 4.75. The van der Waals surface area contributed by atoms with Gasteiger partial charge in [0.25, 0.3) is 0 Å². The first-order chi connectivity index (χ1) is 9.61. The molecule has 0 amide bonds. The van der Waals surface area contributed by atoms with Crippen molar-refractivity contribution in [3.05, 3.63) is 52.8 Å². The van der Waals surface area contributed by atoms with E-state index >= 15 is 0 Å². The Hall–Kier alpha value is -1.86. The van der Waals surface area contributed by atoms with Gasteiger partial charge in [-0.05, 0) is 31.9 Å². The number of thioether (sulfide) groups is 1. The Morgan fingerprint density at radius 1 is 1.10 bits per heavy atom. The van der Waals surface area contributed by atoms with Crippen LogP contribution >= 0.6 is 11.8 Å². The van der Waals surface area contributed by atoms with Gasteiger partial charge in [0.1, 0.15) is 0 Å². The van der Waals surface area contributed by atoms with Crippen molar-refractivity contribution in [3.63, 3.8) is 0 Å². The number of nitriles is 1. The average molecular weight is 283 g/mol. The van der Waals surface area contributed by atoms with Crippen LogP contribution in [0, 0.1) is 32.1 Å². The zero-order valence-corrected chi connectivity index (χ0v) is 12.7. The van der Waals surface area contributed by atoms with E-state index in [1.165, 1.54) is 0 Å². The van der Waals surface area contributed by atoms with E-state index < -0.39 is 0 Å². The summed E-state index contributed by atoms with van der Waals surface area (Å²) in [6.07, 6.45) is 0.448. The second kappa shape index (κ2) is 6.53. The molecular weight excluding hydrogens is 266 g/mol. The molecule has 1 unspecified atom stereocenters. The van der Waals surface area contributed by atoms with Crippen LogP contribution < -0.4 is 0 Å². The highest BCUT2D eigenvalue weighted by atomic mass is 32.2. The molecule has 3 nitrogen and oxygen atoms in total. The zero-order chi connectivity index (χ0) is 14.5. The van der Waals surface area contributed by atoms with Gasteiger partial charge < -0.3 is 0 Å². The fourth-order valence-corrected chi connectivity index (χ4v) is 2.98. The summed E-state index contributed by atoms with van der Waals surface area (Å²) in [4.78, 5) is 9.05. The largest absolute Gasteiger partial charge is 0.228 e. The fraction of sp³-hybridized carbons (Fsp3) is 0.312. The molecule has 1 heterocycles. The lowest BCUT2D eigenvalue weighted by Crippen LogP contribution is -2.01. The molecule has 0 bridgehead atoms. The van der Waals surface area contributed by atoms with E-state index in [1.54, 1.807) is 11.8 Å². The Balaban J connectivity index is 2.28. The number of rotatable bonds is 4. The molecule has 0 saturated carbocycles. The number of hydrogen-bond acceptors (Lipinski definition) is 4. The van der Waals surface area contributed by atoms with E-state index in [1.807, 2.05) is 51.1 Å². The third kappa shape index (κ3) is 3.37. The van der Waals surface area contributed by atoms with E-state index in [2.05, 4.69) is 16.0 Å². The van der Waals surface area contributed by atoms with E-state index in [4.69, 9.17) is 5.26 Å². The molecule has 0 aliphatic rings. The molecule has 20 heavy (non-hydrogen) atoms. The van der Waals surface area contributed by atoms with E-state index in [9.17, 15) is 0 Å². The Morgan fingerprint density at radius 2 is 1.70 bits per heavy atom. The maximum absolute atomic E-state index is 9.03. The van der Waals surface area contributed by atoms with Crippen molar-refractivity contribution < 1.29 is 0 Å². The molecule has 0 spiro atoms. The summed E-state index contributed by atoms with van der Waals surface area (Å²) in [5.74, 6) is 0. The maximum atomic E-state index is 9.03. The molecule has 0 saturated heterocycles. The Morgan fingerprint density at radius 3 is 2.25 bits per heavy atom. The van der Waals surface area contributed by atoms with Crippen LogP contribution in [0.2, 0.25) is 0 Å². The molecule has 0 N–H and O–H groups in total. The average Bonchev–Trinajstić information content (AvgIpc) is 2.45. The summed E-state index contributed by atoms with van der Waals surface area (Å²) in [5, 5.41) is 9.84. The van der Waals surface area contributed by atoms with Gasteiger partial charge in [-0.15, -0.1) is 0 Å². The topological polar surface area (TPSA) is 49.6 Å². The molecule has 1 aromatic carbocycles. The zero-order valence-electron chi connectivity index (χ0n) is 11.9. The quantitative estimate of drug-likeness (QED) is 0.625. The highest BCUT2D eigenvalue weighted by Gasteiger charge is 2.15. The minimum Gasteiger partial charge on any atom is -0.228 e. The van der Waals surface area contributed by atoms with Gasteiger partial charge in [-0.25, -0.2) is 9.97 Å². The molecule has 0 fully saturated rings. The molecule has 2 rings (SSSR count). The molecule has 0 radical (unpaired) electrons. The summed E-state index contributed by atoms with van der Waals surface area (Å²) >= 11 is 1.56. The summed E-state index contributed by atoms with van der Waals surface area (Å²) < 4.78 is 0. The summed E-state index contributed by atoms with van der Waals surface area (Å²) in [6.45, 7) is 6.02. The second-order valence-electron chi connectivity index (χ2n) is 4.68. The molecule has 1 atom stereocenters. The third-order valence-corrected chi connectivity index (χ3v) is 4.42. The fourth-order valence-electron chi connectivity index (χ4n) is 1.90. The minimum atomic E-state index is 0.0720. The van der Waals surface area contributed by atoms with Crippen LogP contribution in [-0.2, 0) is 0 Å². The molecule has 0 aliphatic heterocycles. The van der Waals surface area contributed by atoms with Crippen molar-refractivity contribution in [1.82, 2.24) is 9.97 Å². The summed E-state index contributed by atoms with van der Waals surface area (Å²) in [6, 6.07) is 12.3. The van der Waals surface area contributed by atoms with E-state index in [0.29, 0.717) is 6.42 Å². The lowest BCUT2D eigenvalue weighted by molar-refractivity contribution is 0.867. The highest BCUT2D eigenvalue weighted by Crippen LogP contribution is 2.36. The van der Waals surface area contributed by atoms with Gasteiger partial charge >= 0.3 is 0 Å². The summed E-state index contributed by atoms with van der Waals surface area (Å²) in [5.41, 5.74) is 4.27. The smallest absolute Gasteiger partial charge is 0.188 e. The monoisotopic (exact) mass is 283 g/mol. The van der Waals surface area contributed by atoms with Crippen LogP contribution in [0.5, 0.6) is 0 Å². The van der Waals surface area contributed by atoms with Gasteiger partial charge in [-0.1, -0.05) is 42.1 Å². The van der Waals surface area contributed by atoms with Gasteiger partial charge in [-0.3, -0.25) is 0 Å². The maximum Gasteiger partial charge on any atom is 0.188 e. The second-order valence-corrected chi connectivity index (χ2v) is 5.85. The first-order valence-electron chi connectivity index (χ1n) is 6.52. The van der Waals surface area contributed by atoms with Gasteiger partial charge in [-0.2, -0.15) is 5.26 Å². The molecule has 1 aromatic heterocycles. The number of nitrogens with zero attached hydrogens (tertiary/aromatic N) is 3. The van der Waals surface area contributed by atoms with Gasteiger partial charge in [0.2, 0.25) is 0 Å². The van der Waals surface area contributed by atoms with Gasteiger partial charge in [0.05, 0.1) is 17.7 Å². The summed E-state index contributed by atoms with van der Waals surface area (Å²) in [7, 11) is 0. The molecule has 0 aliphatic carbocycles. The van der Waals surface area contributed by atoms with Crippen molar-refractivity contribution in [2.24, 2.45) is 0 Å². The van der Waals surface area contributed by atoms with Crippen LogP contribution in [0.1, 0.15) is 34.2 Å². The minimum absolute atomic E-state index is 0.0720. The lowest BCUT2D eigenvalue weighted by Gasteiger charge is -2.14. The third-order valence-electron chi connectivity index (χ3n) is 3.31. The predicted octanol–water partition coefficient (Wildman–Crippen LogP) is 4.15. The first-order valence-corrected chi connectivity index (χ1v) is 7.40.